The first-order chi connectivity index (χ1) is 12.4. The van der Waals surface area contributed by atoms with Gasteiger partial charge in [-0.15, -0.1) is 0 Å². The van der Waals surface area contributed by atoms with Crippen molar-refractivity contribution in [2.45, 2.75) is 65.2 Å². The minimum atomic E-state index is -1.83. The van der Waals surface area contributed by atoms with Crippen molar-refractivity contribution in [3.8, 4) is 0 Å². The Bertz CT molecular complexity index is 855. The van der Waals surface area contributed by atoms with Crippen LogP contribution >= 0.6 is 15.9 Å². The molecule has 1 aromatic heterocycles. The highest BCUT2D eigenvalue weighted by Crippen LogP contribution is 2.37. The van der Waals surface area contributed by atoms with Crippen LogP contribution in [-0.2, 0) is 17.4 Å². The number of carboxylic acids is 1. The number of carbonyl (C=O) groups is 1. The summed E-state index contributed by atoms with van der Waals surface area (Å²) in [6, 6.07) is 3.06. The van der Waals surface area contributed by atoms with Gasteiger partial charge >= 0.3 is 5.97 Å². The summed E-state index contributed by atoms with van der Waals surface area (Å²) < 4.78 is 22.2. The number of aryl methyl sites for hydroxylation is 2. The molecule has 0 saturated heterocycles. The van der Waals surface area contributed by atoms with E-state index in [1.807, 2.05) is 6.92 Å². The SMILES string of the molecule is CCn1c(C(=O)O)c(CCCO[Si](C)(C)C(C)(C)C)c2ccc(F)c(Br)c21. The molecule has 27 heavy (non-hydrogen) atoms. The zero-order valence-corrected chi connectivity index (χ0v) is 19.5. The van der Waals surface area contributed by atoms with Crippen LogP contribution in [0.5, 0.6) is 0 Å². The summed E-state index contributed by atoms with van der Waals surface area (Å²) in [4.78, 5) is 11.9. The number of carboxylic acid groups (broad SMARTS) is 1. The van der Waals surface area contributed by atoms with Gasteiger partial charge in [-0.1, -0.05) is 20.8 Å². The van der Waals surface area contributed by atoms with Crippen LogP contribution in [0.1, 0.15) is 50.2 Å². The summed E-state index contributed by atoms with van der Waals surface area (Å²) in [5.74, 6) is -1.37. The van der Waals surface area contributed by atoms with Gasteiger partial charge in [0, 0.05) is 18.5 Å². The lowest BCUT2D eigenvalue weighted by molar-refractivity contribution is 0.0684. The summed E-state index contributed by atoms with van der Waals surface area (Å²) in [5.41, 5.74) is 1.60. The maximum atomic E-state index is 14.0. The Morgan fingerprint density at radius 2 is 1.96 bits per heavy atom. The van der Waals surface area contributed by atoms with Crippen molar-refractivity contribution in [3.63, 3.8) is 0 Å². The Morgan fingerprint density at radius 1 is 1.33 bits per heavy atom. The first-order valence-electron chi connectivity index (χ1n) is 9.28. The van der Waals surface area contributed by atoms with E-state index in [1.165, 1.54) is 6.07 Å². The third-order valence-corrected chi connectivity index (χ3v) is 10.9. The van der Waals surface area contributed by atoms with Crippen LogP contribution in [0.15, 0.2) is 16.6 Å². The molecule has 1 aromatic carbocycles. The minimum Gasteiger partial charge on any atom is -0.477 e. The van der Waals surface area contributed by atoms with Gasteiger partial charge in [0.15, 0.2) is 8.32 Å². The highest BCUT2D eigenvalue weighted by Gasteiger charge is 2.36. The predicted octanol–water partition coefficient (Wildman–Crippen LogP) is 6.22. The number of hydrogen-bond acceptors (Lipinski definition) is 2. The van der Waals surface area contributed by atoms with E-state index >= 15 is 0 Å². The van der Waals surface area contributed by atoms with Gasteiger partial charge in [-0.2, -0.15) is 0 Å². The summed E-state index contributed by atoms with van der Waals surface area (Å²) >= 11 is 3.29. The summed E-state index contributed by atoms with van der Waals surface area (Å²) in [7, 11) is -1.83. The lowest BCUT2D eigenvalue weighted by Crippen LogP contribution is -2.41. The van der Waals surface area contributed by atoms with Crippen LogP contribution in [0.4, 0.5) is 4.39 Å². The van der Waals surface area contributed by atoms with Crippen molar-refractivity contribution in [3.05, 3.63) is 33.7 Å². The standard InChI is InChI=1S/C20H29BrFNO3Si/c1-7-23-17-14(10-11-15(22)16(17)21)13(18(23)19(24)25)9-8-12-26-27(5,6)20(2,3)4/h10-11H,7-9,12H2,1-6H3,(H,24,25). The normalized spacial score (nSPS) is 12.7. The molecule has 0 aliphatic carbocycles. The Labute approximate surface area is 170 Å². The monoisotopic (exact) mass is 457 g/mol. The summed E-state index contributed by atoms with van der Waals surface area (Å²) in [5, 5.41) is 10.7. The smallest absolute Gasteiger partial charge is 0.352 e. The van der Waals surface area contributed by atoms with E-state index in [0.717, 1.165) is 17.4 Å². The quantitative estimate of drug-likeness (QED) is 0.396. The van der Waals surface area contributed by atoms with Gasteiger partial charge in [0.1, 0.15) is 11.5 Å². The van der Waals surface area contributed by atoms with Gasteiger partial charge < -0.3 is 14.1 Å². The lowest BCUT2D eigenvalue weighted by atomic mass is 10.1. The van der Waals surface area contributed by atoms with Crippen LogP contribution in [0.2, 0.25) is 18.1 Å². The molecule has 0 amide bonds. The summed E-state index contributed by atoms with van der Waals surface area (Å²) in [6.07, 6.45) is 1.31. The zero-order valence-electron chi connectivity index (χ0n) is 16.9. The van der Waals surface area contributed by atoms with Crippen LogP contribution in [0, 0.1) is 5.82 Å². The number of aromatic nitrogens is 1. The third kappa shape index (κ3) is 4.30. The molecule has 0 saturated carbocycles. The molecule has 0 unspecified atom stereocenters. The maximum absolute atomic E-state index is 14.0. The number of aromatic carboxylic acids is 1. The molecule has 4 nitrogen and oxygen atoms in total. The van der Waals surface area contributed by atoms with E-state index in [4.69, 9.17) is 4.43 Å². The molecule has 0 bridgehead atoms. The number of nitrogens with zero attached hydrogens (tertiary/aromatic N) is 1. The van der Waals surface area contributed by atoms with Crippen LogP contribution < -0.4 is 0 Å². The van der Waals surface area contributed by atoms with Crippen molar-refractivity contribution in [1.82, 2.24) is 4.57 Å². The molecule has 0 atom stereocenters. The van der Waals surface area contributed by atoms with Crippen LogP contribution in [0.3, 0.4) is 0 Å². The molecule has 1 N–H and O–H groups in total. The van der Waals surface area contributed by atoms with E-state index in [9.17, 15) is 14.3 Å². The average molecular weight is 458 g/mol. The number of hydrogen-bond donors (Lipinski definition) is 1. The van der Waals surface area contributed by atoms with Gasteiger partial charge in [0.25, 0.3) is 0 Å². The molecule has 0 spiro atoms. The molecular weight excluding hydrogens is 429 g/mol. The molecular formula is C20H29BrFNO3Si. The Morgan fingerprint density at radius 3 is 2.48 bits per heavy atom. The first kappa shape index (κ1) is 22.1. The maximum Gasteiger partial charge on any atom is 0.352 e. The van der Waals surface area contributed by atoms with Crippen molar-refractivity contribution >= 4 is 41.1 Å². The van der Waals surface area contributed by atoms with Crippen molar-refractivity contribution in [1.29, 1.82) is 0 Å². The molecule has 1 heterocycles. The molecule has 0 aliphatic heterocycles. The Hall–Kier alpha value is -1.18. The molecule has 0 fully saturated rings. The molecule has 7 heteroatoms. The van der Waals surface area contributed by atoms with Gasteiger partial charge in [-0.05, 0) is 71.5 Å². The largest absolute Gasteiger partial charge is 0.477 e. The third-order valence-electron chi connectivity index (χ3n) is 5.58. The Balaban J connectivity index is 2.34. The number of halogens is 2. The summed E-state index contributed by atoms with van der Waals surface area (Å²) in [6.45, 7) is 13.9. The van der Waals surface area contributed by atoms with Crippen molar-refractivity contribution < 1.29 is 18.7 Å². The highest BCUT2D eigenvalue weighted by atomic mass is 79.9. The van der Waals surface area contributed by atoms with Gasteiger partial charge in [-0.3, -0.25) is 0 Å². The van der Waals surface area contributed by atoms with Crippen molar-refractivity contribution in [2.24, 2.45) is 0 Å². The lowest BCUT2D eigenvalue weighted by Gasteiger charge is -2.36. The van der Waals surface area contributed by atoms with Crippen molar-refractivity contribution in [2.75, 3.05) is 6.61 Å². The average Bonchev–Trinajstić information content (AvgIpc) is 2.88. The fourth-order valence-corrected chi connectivity index (χ4v) is 4.70. The van der Waals surface area contributed by atoms with E-state index in [0.29, 0.717) is 29.6 Å². The zero-order chi connectivity index (χ0) is 20.6. The van der Waals surface area contributed by atoms with E-state index in [1.54, 1.807) is 10.6 Å². The van der Waals surface area contributed by atoms with E-state index < -0.39 is 14.3 Å². The molecule has 150 valence electrons. The fourth-order valence-electron chi connectivity index (χ4n) is 3.06. The minimum absolute atomic E-state index is 0.139. The van der Waals surface area contributed by atoms with E-state index in [2.05, 4.69) is 49.8 Å². The second-order valence-electron chi connectivity index (χ2n) is 8.35. The molecule has 2 rings (SSSR count). The molecule has 0 aliphatic rings. The van der Waals surface area contributed by atoms with Crippen LogP contribution in [0.25, 0.3) is 10.9 Å². The number of fused-ring (bicyclic) bond motifs is 1. The Kier molecular flexibility index (Phi) is 6.59. The van der Waals surface area contributed by atoms with Crippen LogP contribution in [-0.4, -0.2) is 30.6 Å². The first-order valence-corrected chi connectivity index (χ1v) is 13.0. The molecule has 0 radical (unpaired) electrons. The second-order valence-corrected chi connectivity index (χ2v) is 13.9. The number of benzene rings is 1. The van der Waals surface area contributed by atoms with Gasteiger partial charge in [-0.25, -0.2) is 9.18 Å². The van der Waals surface area contributed by atoms with E-state index in [-0.39, 0.29) is 16.5 Å². The second kappa shape index (κ2) is 8.05. The number of rotatable bonds is 7. The predicted molar refractivity (Wildman–Crippen MR) is 114 cm³/mol. The van der Waals surface area contributed by atoms with Gasteiger partial charge in [0.05, 0.1) is 9.99 Å². The molecule has 2 aromatic rings. The van der Waals surface area contributed by atoms with Gasteiger partial charge in [0.2, 0.25) is 0 Å². The topological polar surface area (TPSA) is 51.5 Å². The highest BCUT2D eigenvalue weighted by molar-refractivity contribution is 9.10. The fraction of sp³-hybridized carbons (Fsp3) is 0.550.